The highest BCUT2D eigenvalue weighted by Crippen LogP contribution is 2.43. The second-order valence-electron chi connectivity index (χ2n) is 8.31. The molecule has 24 heavy (non-hydrogen) atoms. The molecule has 1 rings (SSSR count). The maximum atomic E-state index is 6.63. The van der Waals surface area contributed by atoms with Crippen molar-refractivity contribution in [3.63, 3.8) is 0 Å². The smallest absolute Gasteiger partial charge is 0.258 e. The minimum atomic E-state index is -1.90. The van der Waals surface area contributed by atoms with E-state index >= 15 is 0 Å². The standard InChI is InChI=1S/C21H36OSi2/c1-17(2)24(18(3)4,19(5)6)22-20(7)15-16-23(8,9)21-13-11-10-12-14-21/h10-19H,7H2,1-6,8-9H3/b16-15+. The first-order valence-corrected chi connectivity index (χ1v) is 14.4. The minimum absolute atomic E-state index is 0.571. The van der Waals surface area contributed by atoms with Gasteiger partial charge in [-0.15, -0.1) is 0 Å². The van der Waals surface area contributed by atoms with Crippen molar-refractivity contribution in [2.75, 3.05) is 0 Å². The van der Waals surface area contributed by atoms with Crippen LogP contribution in [0.1, 0.15) is 41.5 Å². The van der Waals surface area contributed by atoms with Gasteiger partial charge in [-0.2, -0.15) is 0 Å². The average molecular weight is 361 g/mol. The highest BCUT2D eigenvalue weighted by atomic mass is 28.4. The molecule has 1 aromatic carbocycles. The zero-order valence-electron chi connectivity index (χ0n) is 16.9. The number of rotatable bonds is 8. The summed E-state index contributed by atoms with van der Waals surface area (Å²) in [6.07, 6.45) is 2.13. The molecule has 0 saturated carbocycles. The fourth-order valence-corrected chi connectivity index (χ4v) is 11.0. The lowest BCUT2D eigenvalue weighted by molar-refractivity contribution is 0.389. The molecule has 0 bridgehead atoms. The lowest BCUT2D eigenvalue weighted by Crippen LogP contribution is -2.47. The molecule has 0 fully saturated rings. The van der Waals surface area contributed by atoms with Crippen LogP contribution in [-0.2, 0) is 4.43 Å². The normalized spacial score (nSPS) is 13.3. The van der Waals surface area contributed by atoms with Crippen LogP contribution in [0.5, 0.6) is 0 Å². The van der Waals surface area contributed by atoms with Gasteiger partial charge in [0.25, 0.3) is 8.32 Å². The van der Waals surface area contributed by atoms with Crippen molar-refractivity contribution in [1.82, 2.24) is 0 Å². The van der Waals surface area contributed by atoms with E-state index in [1.807, 2.05) is 0 Å². The second kappa shape index (κ2) is 8.35. The summed E-state index contributed by atoms with van der Waals surface area (Å²) < 4.78 is 6.63. The molecule has 1 nitrogen and oxygen atoms in total. The first kappa shape index (κ1) is 21.0. The second-order valence-corrected chi connectivity index (χ2v) is 18.0. The summed E-state index contributed by atoms with van der Waals surface area (Å²) in [7, 11) is -3.51. The first-order chi connectivity index (χ1) is 11.0. The van der Waals surface area contributed by atoms with E-state index in [0.29, 0.717) is 16.6 Å². The molecular formula is C21H36OSi2. The molecule has 0 aliphatic heterocycles. The van der Waals surface area contributed by atoms with Gasteiger partial charge in [-0.1, -0.05) is 102 Å². The quantitative estimate of drug-likeness (QED) is 0.296. The van der Waals surface area contributed by atoms with Gasteiger partial charge in [0.15, 0.2) is 0 Å². The van der Waals surface area contributed by atoms with Crippen molar-refractivity contribution in [2.24, 2.45) is 0 Å². The van der Waals surface area contributed by atoms with Crippen molar-refractivity contribution >= 4 is 21.6 Å². The van der Waals surface area contributed by atoms with Crippen LogP contribution in [0.4, 0.5) is 0 Å². The third kappa shape index (κ3) is 4.73. The van der Waals surface area contributed by atoms with Crippen molar-refractivity contribution in [1.29, 1.82) is 0 Å². The van der Waals surface area contributed by atoms with Gasteiger partial charge >= 0.3 is 0 Å². The summed E-state index contributed by atoms with van der Waals surface area (Å²) in [5.41, 5.74) is 4.07. The molecule has 0 saturated heterocycles. The maximum Gasteiger partial charge on any atom is 0.258 e. The Morgan fingerprint density at radius 1 is 0.917 bits per heavy atom. The zero-order valence-corrected chi connectivity index (χ0v) is 18.9. The van der Waals surface area contributed by atoms with E-state index in [1.165, 1.54) is 5.19 Å². The molecule has 0 aromatic heterocycles. The summed E-state index contributed by atoms with van der Waals surface area (Å²) in [4.78, 5) is 0. The largest absolute Gasteiger partial charge is 0.543 e. The molecule has 0 N–H and O–H groups in total. The van der Waals surface area contributed by atoms with Crippen LogP contribution in [0.15, 0.2) is 54.4 Å². The number of hydrogen-bond donors (Lipinski definition) is 0. The van der Waals surface area contributed by atoms with Crippen LogP contribution >= 0.6 is 0 Å². The van der Waals surface area contributed by atoms with Crippen LogP contribution in [0.25, 0.3) is 0 Å². The predicted molar refractivity (Wildman–Crippen MR) is 114 cm³/mol. The fourth-order valence-electron chi connectivity index (χ4n) is 3.88. The molecular weight excluding hydrogens is 324 g/mol. The van der Waals surface area contributed by atoms with Gasteiger partial charge in [0.1, 0.15) is 8.07 Å². The topological polar surface area (TPSA) is 9.23 Å². The number of allylic oxidation sites excluding steroid dienone is 1. The van der Waals surface area contributed by atoms with Crippen molar-refractivity contribution < 1.29 is 4.43 Å². The van der Waals surface area contributed by atoms with Gasteiger partial charge in [0, 0.05) is 0 Å². The zero-order chi connectivity index (χ0) is 18.5. The SMILES string of the molecule is C=C(/C=C/[Si](C)(C)c1ccccc1)O[Si](C(C)C)(C(C)C)C(C)C. The van der Waals surface area contributed by atoms with Gasteiger partial charge in [-0.25, -0.2) is 0 Å². The van der Waals surface area contributed by atoms with Crippen LogP contribution in [0.2, 0.25) is 29.7 Å². The summed E-state index contributed by atoms with van der Waals surface area (Å²) in [6.45, 7) is 22.8. The molecule has 0 heterocycles. The lowest BCUT2D eigenvalue weighted by Gasteiger charge is -2.42. The minimum Gasteiger partial charge on any atom is -0.543 e. The Bertz CT molecular complexity index is 535. The van der Waals surface area contributed by atoms with Crippen LogP contribution in [0, 0.1) is 0 Å². The highest BCUT2D eigenvalue weighted by molar-refractivity contribution is 6.94. The Kier molecular flexibility index (Phi) is 7.30. The van der Waals surface area contributed by atoms with Gasteiger partial charge in [0.2, 0.25) is 0 Å². The van der Waals surface area contributed by atoms with E-state index in [2.05, 4.69) is 103 Å². The van der Waals surface area contributed by atoms with Gasteiger partial charge in [-0.05, 0) is 22.7 Å². The Balaban J connectivity index is 2.98. The molecule has 0 spiro atoms. The Hall–Kier alpha value is -1.07. The summed E-state index contributed by atoms with van der Waals surface area (Å²) in [6, 6.07) is 10.8. The predicted octanol–water partition coefficient (Wildman–Crippen LogP) is 6.40. The maximum absolute atomic E-state index is 6.63. The third-order valence-corrected chi connectivity index (χ3v) is 14.1. The van der Waals surface area contributed by atoms with E-state index in [4.69, 9.17) is 4.43 Å². The Labute approximate surface area is 152 Å². The summed E-state index contributed by atoms with van der Waals surface area (Å²) >= 11 is 0. The van der Waals surface area contributed by atoms with Crippen LogP contribution in [0.3, 0.4) is 0 Å². The van der Waals surface area contributed by atoms with E-state index in [1.54, 1.807) is 0 Å². The van der Waals surface area contributed by atoms with Crippen molar-refractivity contribution in [3.05, 3.63) is 54.4 Å². The monoisotopic (exact) mass is 360 g/mol. The molecule has 1 aromatic rings. The van der Waals surface area contributed by atoms with Gasteiger partial charge in [0.05, 0.1) is 5.76 Å². The lowest BCUT2D eigenvalue weighted by atomic mass is 10.4. The average Bonchev–Trinajstić information content (AvgIpc) is 2.50. The van der Waals surface area contributed by atoms with Gasteiger partial charge in [-0.3, -0.25) is 0 Å². The first-order valence-electron chi connectivity index (χ1n) is 9.16. The molecule has 0 aliphatic rings. The fraction of sp³-hybridized carbons (Fsp3) is 0.524. The van der Waals surface area contributed by atoms with E-state index < -0.39 is 16.4 Å². The molecule has 0 atom stereocenters. The van der Waals surface area contributed by atoms with Crippen molar-refractivity contribution in [3.8, 4) is 0 Å². The van der Waals surface area contributed by atoms with E-state index in [9.17, 15) is 0 Å². The highest BCUT2D eigenvalue weighted by Gasteiger charge is 2.46. The number of hydrogen-bond acceptors (Lipinski definition) is 1. The summed E-state index contributed by atoms with van der Waals surface area (Å²) in [5.74, 6) is 0.842. The Morgan fingerprint density at radius 3 is 1.79 bits per heavy atom. The molecule has 0 radical (unpaired) electrons. The van der Waals surface area contributed by atoms with E-state index in [0.717, 1.165) is 5.76 Å². The molecule has 0 unspecified atom stereocenters. The third-order valence-electron chi connectivity index (χ3n) is 5.22. The summed E-state index contributed by atoms with van der Waals surface area (Å²) in [5, 5.41) is 1.44. The van der Waals surface area contributed by atoms with Crippen molar-refractivity contribution in [2.45, 2.75) is 71.3 Å². The Morgan fingerprint density at radius 2 is 1.38 bits per heavy atom. The van der Waals surface area contributed by atoms with Crippen LogP contribution < -0.4 is 5.19 Å². The van der Waals surface area contributed by atoms with Crippen LogP contribution in [-0.4, -0.2) is 16.4 Å². The number of benzene rings is 1. The molecule has 134 valence electrons. The molecule has 0 aliphatic carbocycles. The van der Waals surface area contributed by atoms with Gasteiger partial charge < -0.3 is 4.43 Å². The van der Waals surface area contributed by atoms with E-state index in [-0.39, 0.29) is 0 Å². The molecule has 3 heteroatoms. The molecule has 0 amide bonds.